The predicted molar refractivity (Wildman–Crippen MR) is 70.4 cm³/mol. The van der Waals surface area contributed by atoms with Crippen LogP contribution in [0, 0.1) is 11.8 Å². The number of hydrogen-bond donors (Lipinski definition) is 1. The molecule has 1 aliphatic rings. The molecule has 1 unspecified atom stereocenters. The molecular formula is C14H25NO3. The lowest BCUT2D eigenvalue weighted by Gasteiger charge is -2.20. The molecule has 0 aliphatic heterocycles. The van der Waals surface area contributed by atoms with E-state index >= 15 is 0 Å². The van der Waals surface area contributed by atoms with Gasteiger partial charge in [0, 0.05) is 18.9 Å². The van der Waals surface area contributed by atoms with Crippen LogP contribution in [0.15, 0.2) is 0 Å². The van der Waals surface area contributed by atoms with Gasteiger partial charge in [0.2, 0.25) is 0 Å². The lowest BCUT2D eigenvalue weighted by molar-refractivity contribution is -0.121. The molecule has 0 aromatic carbocycles. The fourth-order valence-electron chi connectivity index (χ4n) is 1.75. The van der Waals surface area contributed by atoms with Crippen LogP contribution in [-0.4, -0.2) is 24.0 Å². The summed E-state index contributed by atoms with van der Waals surface area (Å²) < 4.78 is 5.13. The molecule has 104 valence electrons. The van der Waals surface area contributed by atoms with Crippen LogP contribution < -0.4 is 5.32 Å². The first kappa shape index (κ1) is 15.0. The van der Waals surface area contributed by atoms with Crippen molar-refractivity contribution in [1.82, 2.24) is 5.32 Å². The molecular weight excluding hydrogens is 230 g/mol. The molecule has 18 heavy (non-hydrogen) atoms. The van der Waals surface area contributed by atoms with E-state index in [0.29, 0.717) is 30.6 Å². The SMILES string of the molecule is CC(CCNC(=O)OC(C)(C)C)CC(=O)C1CC1. The second kappa shape index (κ2) is 6.21. The molecule has 0 heterocycles. The smallest absolute Gasteiger partial charge is 0.407 e. The summed E-state index contributed by atoms with van der Waals surface area (Å²) in [5.41, 5.74) is -0.461. The summed E-state index contributed by atoms with van der Waals surface area (Å²) >= 11 is 0. The molecule has 1 N–H and O–H groups in total. The lowest BCUT2D eigenvalue weighted by atomic mass is 9.99. The second-order valence-corrected chi connectivity index (χ2v) is 6.27. The molecule has 1 atom stereocenters. The molecule has 4 heteroatoms. The molecule has 0 bridgehead atoms. The average Bonchev–Trinajstić information content (AvgIpc) is 2.96. The lowest BCUT2D eigenvalue weighted by Crippen LogP contribution is -2.33. The highest BCUT2D eigenvalue weighted by molar-refractivity contribution is 5.83. The fraction of sp³-hybridized carbons (Fsp3) is 0.857. The third kappa shape index (κ3) is 6.62. The van der Waals surface area contributed by atoms with Gasteiger partial charge in [0.25, 0.3) is 0 Å². The number of carbonyl (C=O) groups excluding carboxylic acids is 2. The summed E-state index contributed by atoms with van der Waals surface area (Å²) in [5.74, 6) is 1.05. The van der Waals surface area contributed by atoms with Gasteiger partial charge in [-0.1, -0.05) is 6.92 Å². The van der Waals surface area contributed by atoms with Gasteiger partial charge in [-0.2, -0.15) is 0 Å². The highest BCUT2D eigenvalue weighted by Crippen LogP contribution is 2.32. The molecule has 0 spiro atoms. The van der Waals surface area contributed by atoms with Gasteiger partial charge in [0.15, 0.2) is 0 Å². The zero-order valence-electron chi connectivity index (χ0n) is 11.9. The number of Topliss-reactive ketones (excluding diaryl/α,β-unsaturated/α-hetero) is 1. The van der Waals surface area contributed by atoms with Gasteiger partial charge in [-0.05, 0) is 46.0 Å². The minimum absolute atomic E-state index is 0.327. The number of nitrogens with one attached hydrogen (secondary N) is 1. The number of carbonyl (C=O) groups is 2. The largest absolute Gasteiger partial charge is 0.444 e. The Balaban J connectivity index is 2.09. The summed E-state index contributed by atoms with van der Waals surface area (Å²) in [5, 5.41) is 2.72. The summed E-state index contributed by atoms with van der Waals surface area (Å²) in [6, 6.07) is 0. The molecule has 0 aromatic heterocycles. The molecule has 0 saturated heterocycles. The first-order valence-electron chi connectivity index (χ1n) is 6.77. The van der Waals surface area contributed by atoms with E-state index in [2.05, 4.69) is 12.2 Å². The maximum atomic E-state index is 11.6. The van der Waals surface area contributed by atoms with Gasteiger partial charge in [0.05, 0.1) is 0 Å². The van der Waals surface area contributed by atoms with Crippen LogP contribution in [0.25, 0.3) is 0 Å². The standard InChI is InChI=1S/C14H25NO3/c1-10(9-12(16)11-5-6-11)7-8-15-13(17)18-14(2,3)4/h10-11H,5-9H2,1-4H3,(H,15,17). The Morgan fingerprint density at radius 2 is 1.94 bits per heavy atom. The Labute approximate surface area is 109 Å². The van der Waals surface area contributed by atoms with Gasteiger partial charge >= 0.3 is 6.09 Å². The number of alkyl carbamates (subject to hydrolysis) is 1. The van der Waals surface area contributed by atoms with Crippen LogP contribution in [0.1, 0.15) is 53.4 Å². The number of ether oxygens (including phenoxy) is 1. The minimum atomic E-state index is -0.461. The Morgan fingerprint density at radius 1 is 1.33 bits per heavy atom. The number of ketones is 1. The van der Waals surface area contributed by atoms with Crippen molar-refractivity contribution in [3.05, 3.63) is 0 Å². The van der Waals surface area contributed by atoms with Crippen LogP contribution in [0.2, 0.25) is 0 Å². The molecule has 1 rings (SSSR count). The van der Waals surface area contributed by atoms with Crippen molar-refractivity contribution in [3.63, 3.8) is 0 Å². The van der Waals surface area contributed by atoms with Crippen molar-refractivity contribution in [2.45, 2.75) is 59.0 Å². The van der Waals surface area contributed by atoms with Crippen LogP contribution in [0.3, 0.4) is 0 Å². The fourth-order valence-corrected chi connectivity index (χ4v) is 1.75. The topological polar surface area (TPSA) is 55.4 Å². The van der Waals surface area contributed by atoms with E-state index in [0.717, 1.165) is 19.3 Å². The number of amides is 1. The van der Waals surface area contributed by atoms with Crippen molar-refractivity contribution >= 4 is 11.9 Å². The number of hydrogen-bond acceptors (Lipinski definition) is 3. The monoisotopic (exact) mass is 255 g/mol. The van der Waals surface area contributed by atoms with Crippen LogP contribution >= 0.6 is 0 Å². The highest BCUT2D eigenvalue weighted by atomic mass is 16.6. The van der Waals surface area contributed by atoms with E-state index in [-0.39, 0.29) is 6.09 Å². The zero-order valence-corrected chi connectivity index (χ0v) is 11.9. The van der Waals surface area contributed by atoms with Crippen molar-refractivity contribution in [3.8, 4) is 0 Å². The number of rotatable bonds is 6. The third-order valence-corrected chi connectivity index (χ3v) is 2.89. The third-order valence-electron chi connectivity index (χ3n) is 2.89. The summed E-state index contributed by atoms with van der Waals surface area (Å²) in [6.45, 7) is 8.13. The quantitative estimate of drug-likeness (QED) is 0.794. The molecule has 4 nitrogen and oxygen atoms in total. The van der Waals surface area contributed by atoms with Gasteiger partial charge in [-0.25, -0.2) is 4.79 Å². The normalized spacial score (nSPS) is 17.1. The first-order valence-corrected chi connectivity index (χ1v) is 6.77. The van der Waals surface area contributed by atoms with Gasteiger partial charge < -0.3 is 10.1 Å². The molecule has 1 fully saturated rings. The van der Waals surface area contributed by atoms with E-state index < -0.39 is 5.60 Å². The Hall–Kier alpha value is -1.06. The van der Waals surface area contributed by atoms with Crippen LogP contribution in [0.4, 0.5) is 4.79 Å². The Bertz CT molecular complexity index is 303. The summed E-state index contributed by atoms with van der Waals surface area (Å²) in [4.78, 5) is 23.0. The summed E-state index contributed by atoms with van der Waals surface area (Å²) in [7, 11) is 0. The van der Waals surface area contributed by atoms with Gasteiger partial charge in [-0.3, -0.25) is 4.79 Å². The van der Waals surface area contributed by atoms with E-state index in [9.17, 15) is 9.59 Å². The maximum absolute atomic E-state index is 11.6. The van der Waals surface area contributed by atoms with Gasteiger partial charge in [0.1, 0.15) is 11.4 Å². The first-order chi connectivity index (χ1) is 8.28. The molecule has 1 amide bonds. The van der Waals surface area contributed by atoms with E-state index in [1.807, 2.05) is 20.8 Å². The summed E-state index contributed by atoms with van der Waals surface area (Å²) in [6.07, 6.45) is 3.21. The Kier molecular flexibility index (Phi) is 5.17. The highest BCUT2D eigenvalue weighted by Gasteiger charge is 2.29. The Morgan fingerprint density at radius 3 is 2.44 bits per heavy atom. The molecule has 1 aliphatic carbocycles. The van der Waals surface area contributed by atoms with Crippen molar-refractivity contribution in [1.29, 1.82) is 0 Å². The second-order valence-electron chi connectivity index (χ2n) is 6.27. The van der Waals surface area contributed by atoms with Crippen LogP contribution in [-0.2, 0) is 9.53 Å². The van der Waals surface area contributed by atoms with Gasteiger partial charge in [-0.15, -0.1) is 0 Å². The van der Waals surface area contributed by atoms with E-state index in [1.54, 1.807) is 0 Å². The van der Waals surface area contributed by atoms with E-state index in [1.165, 1.54) is 0 Å². The zero-order chi connectivity index (χ0) is 13.8. The molecule has 1 saturated carbocycles. The maximum Gasteiger partial charge on any atom is 0.407 e. The van der Waals surface area contributed by atoms with Crippen molar-refractivity contribution in [2.75, 3.05) is 6.54 Å². The van der Waals surface area contributed by atoms with E-state index in [4.69, 9.17) is 4.74 Å². The molecule has 0 aromatic rings. The predicted octanol–water partition coefficient (Wildman–Crippen LogP) is 2.91. The van der Waals surface area contributed by atoms with Crippen LogP contribution in [0.5, 0.6) is 0 Å². The van der Waals surface area contributed by atoms with Crippen molar-refractivity contribution in [2.24, 2.45) is 11.8 Å². The molecule has 0 radical (unpaired) electrons. The van der Waals surface area contributed by atoms with Crippen molar-refractivity contribution < 1.29 is 14.3 Å². The minimum Gasteiger partial charge on any atom is -0.444 e. The average molecular weight is 255 g/mol.